The molecule has 0 spiro atoms. The van der Waals surface area contributed by atoms with E-state index in [2.05, 4.69) is 13.8 Å². The third-order valence-electron chi connectivity index (χ3n) is 3.87. The summed E-state index contributed by atoms with van der Waals surface area (Å²) in [5.74, 6) is -0.460. The number of alkyl halides is 1. The fourth-order valence-corrected chi connectivity index (χ4v) is 2.96. The van der Waals surface area contributed by atoms with E-state index in [1.54, 1.807) is 6.07 Å². The smallest absolute Gasteiger partial charge is 0.131 e. The summed E-state index contributed by atoms with van der Waals surface area (Å²) in [6, 6.07) is 9.21. The van der Waals surface area contributed by atoms with E-state index in [4.69, 9.17) is 16.3 Å². The van der Waals surface area contributed by atoms with Gasteiger partial charge >= 0.3 is 0 Å². The molecule has 0 bridgehead atoms. The van der Waals surface area contributed by atoms with Gasteiger partial charge in [-0.05, 0) is 29.8 Å². The highest BCUT2D eigenvalue weighted by atomic mass is 35.5. The Hall–Kier alpha value is -1.61. The number of fused-ring (bicyclic) bond motifs is 1. The molecule has 1 aliphatic rings. The topological polar surface area (TPSA) is 9.23 Å². The first kappa shape index (κ1) is 14.3. The van der Waals surface area contributed by atoms with Crippen molar-refractivity contribution >= 4 is 11.6 Å². The van der Waals surface area contributed by atoms with Crippen LogP contribution in [0.25, 0.3) is 0 Å². The Kier molecular flexibility index (Phi) is 3.40. The predicted octanol–water partition coefficient (Wildman–Crippen LogP) is 4.96. The molecule has 0 saturated carbocycles. The maximum atomic E-state index is 13.9. The van der Waals surface area contributed by atoms with Gasteiger partial charge in [0.05, 0.1) is 12.0 Å². The Bertz CT molecular complexity index is 677. The number of hydrogen-bond acceptors (Lipinski definition) is 1. The van der Waals surface area contributed by atoms with E-state index in [1.165, 1.54) is 18.2 Å². The average molecular weight is 309 g/mol. The van der Waals surface area contributed by atoms with E-state index in [1.807, 2.05) is 12.1 Å². The summed E-state index contributed by atoms with van der Waals surface area (Å²) in [4.78, 5) is 0. The standard InChI is InChI=1S/C17H15ClF2O/c1-17(2)9-21-14-7-6-10(8-11(14)17)16(18)15-12(19)4-3-5-13(15)20/h3-8,16H,9H2,1-2H3. The number of rotatable bonds is 2. The van der Waals surface area contributed by atoms with Crippen molar-refractivity contribution in [2.75, 3.05) is 6.61 Å². The summed E-state index contributed by atoms with van der Waals surface area (Å²) in [6.07, 6.45) is 0. The van der Waals surface area contributed by atoms with Gasteiger partial charge in [-0.1, -0.05) is 26.0 Å². The Morgan fingerprint density at radius 2 is 1.81 bits per heavy atom. The van der Waals surface area contributed by atoms with Crippen molar-refractivity contribution < 1.29 is 13.5 Å². The Balaban J connectivity index is 2.06. The highest BCUT2D eigenvalue weighted by molar-refractivity contribution is 6.22. The van der Waals surface area contributed by atoms with Gasteiger partial charge in [0, 0.05) is 16.5 Å². The molecular weight excluding hydrogens is 294 g/mol. The highest BCUT2D eigenvalue weighted by Crippen LogP contribution is 2.42. The van der Waals surface area contributed by atoms with Gasteiger partial charge < -0.3 is 4.74 Å². The molecule has 0 aliphatic carbocycles. The molecule has 0 N–H and O–H groups in total. The van der Waals surface area contributed by atoms with Crippen molar-refractivity contribution in [2.24, 2.45) is 0 Å². The number of hydrogen-bond donors (Lipinski definition) is 0. The molecule has 4 heteroatoms. The van der Waals surface area contributed by atoms with Crippen LogP contribution < -0.4 is 4.74 Å². The van der Waals surface area contributed by atoms with Crippen LogP contribution in [0, 0.1) is 11.6 Å². The molecule has 1 aliphatic heterocycles. The van der Waals surface area contributed by atoms with E-state index in [9.17, 15) is 8.78 Å². The van der Waals surface area contributed by atoms with Crippen molar-refractivity contribution in [3.8, 4) is 5.75 Å². The predicted molar refractivity (Wildman–Crippen MR) is 79.0 cm³/mol. The Labute approximate surface area is 127 Å². The van der Waals surface area contributed by atoms with Crippen molar-refractivity contribution in [1.29, 1.82) is 0 Å². The van der Waals surface area contributed by atoms with Crippen LogP contribution >= 0.6 is 11.6 Å². The molecule has 0 amide bonds. The first-order chi connectivity index (χ1) is 9.90. The Morgan fingerprint density at radius 3 is 2.48 bits per heavy atom. The summed E-state index contributed by atoms with van der Waals surface area (Å²) < 4.78 is 33.3. The van der Waals surface area contributed by atoms with Gasteiger partial charge in [-0.15, -0.1) is 11.6 Å². The third kappa shape index (κ3) is 2.40. The maximum absolute atomic E-state index is 13.9. The van der Waals surface area contributed by atoms with Gasteiger partial charge in [0.25, 0.3) is 0 Å². The molecule has 1 nitrogen and oxygen atoms in total. The molecule has 0 saturated heterocycles. The first-order valence-corrected chi connectivity index (χ1v) is 7.19. The Morgan fingerprint density at radius 1 is 1.14 bits per heavy atom. The second-order valence-electron chi connectivity index (χ2n) is 5.93. The van der Waals surface area contributed by atoms with Crippen LogP contribution in [-0.4, -0.2) is 6.61 Å². The molecule has 110 valence electrons. The van der Waals surface area contributed by atoms with Crippen LogP contribution in [0.4, 0.5) is 8.78 Å². The van der Waals surface area contributed by atoms with E-state index < -0.39 is 17.0 Å². The molecule has 1 atom stereocenters. The van der Waals surface area contributed by atoms with Gasteiger partial charge in [0.1, 0.15) is 17.4 Å². The molecule has 1 heterocycles. The van der Waals surface area contributed by atoms with Crippen molar-refractivity contribution in [3.63, 3.8) is 0 Å². The van der Waals surface area contributed by atoms with Gasteiger partial charge in [-0.3, -0.25) is 0 Å². The van der Waals surface area contributed by atoms with E-state index in [-0.39, 0.29) is 11.0 Å². The van der Waals surface area contributed by atoms with Crippen LogP contribution in [0.2, 0.25) is 0 Å². The monoisotopic (exact) mass is 308 g/mol. The van der Waals surface area contributed by atoms with Gasteiger partial charge in [0.15, 0.2) is 0 Å². The average Bonchev–Trinajstić information content (AvgIpc) is 2.74. The molecule has 0 radical (unpaired) electrons. The van der Waals surface area contributed by atoms with Gasteiger partial charge in [-0.2, -0.15) is 0 Å². The maximum Gasteiger partial charge on any atom is 0.131 e. The molecule has 1 unspecified atom stereocenters. The van der Waals surface area contributed by atoms with Crippen molar-refractivity contribution in [2.45, 2.75) is 24.6 Å². The first-order valence-electron chi connectivity index (χ1n) is 6.75. The summed E-state index contributed by atoms with van der Waals surface area (Å²) >= 11 is 6.32. The number of halogens is 3. The van der Waals surface area contributed by atoms with Crippen molar-refractivity contribution in [3.05, 3.63) is 64.7 Å². The highest BCUT2D eigenvalue weighted by Gasteiger charge is 2.32. The van der Waals surface area contributed by atoms with E-state index >= 15 is 0 Å². The third-order valence-corrected chi connectivity index (χ3v) is 4.34. The lowest BCUT2D eigenvalue weighted by atomic mass is 9.85. The van der Waals surface area contributed by atoms with E-state index in [0.29, 0.717) is 12.2 Å². The molecule has 2 aromatic rings. The number of benzene rings is 2. The fourth-order valence-electron chi connectivity index (χ4n) is 2.62. The fraction of sp³-hybridized carbons (Fsp3) is 0.294. The normalized spacial score (nSPS) is 17.2. The minimum atomic E-state index is -0.868. The van der Waals surface area contributed by atoms with Crippen LogP contribution in [0.3, 0.4) is 0 Å². The lowest BCUT2D eigenvalue weighted by molar-refractivity contribution is 0.291. The van der Waals surface area contributed by atoms with Gasteiger partial charge in [-0.25, -0.2) is 8.78 Å². The van der Waals surface area contributed by atoms with Crippen molar-refractivity contribution in [1.82, 2.24) is 0 Å². The minimum Gasteiger partial charge on any atom is -0.492 e. The number of ether oxygens (including phenoxy) is 1. The van der Waals surface area contributed by atoms with Crippen LogP contribution in [0.15, 0.2) is 36.4 Å². The second-order valence-corrected chi connectivity index (χ2v) is 6.36. The summed E-state index contributed by atoms with van der Waals surface area (Å²) in [7, 11) is 0. The van der Waals surface area contributed by atoms with Gasteiger partial charge in [0.2, 0.25) is 0 Å². The largest absolute Gasteiger partial charge is 0.492 e. The summed E-state index contributed by atoms with van der Waals surface area (Å²) in [5, 5.41) is -0.868. The summed E-state index contributed by atoms with van der Waals surface area (Å²) in [6.45, 7) is 4.72. The molecule has 21 heavy (non-hydrogen) atoms. The molecule has 3 rings (SSSR count). The van der Waals surface area contributed by atoms with Crippen LogP contribution in [-0.2, 0) is 5.41 Å². The van der Waals surface area contributed by atoms with Crippen LogP contribution in [0.1, 0.15) is 35.9 Å². The van der Waals surface area contributed by atoms with Crippen LogP contribution in [0.5, 0.6) is 5.75 Å². The zero-order valence-electron chi connectivity index (χ0n) is 11.8. The lowest BCUT2D eigenvalue weighted by Crippen LogP contribution is -2.18. The van der Waals surface area contributed by atoms with E-state index in [0.717, 1.165) is 11.3 Å². The molecular formula is C17H15ClF2O. The SMILES string of the molecule is CC1(C)COc2ccc(C(Cl)c3c(F)cccc3F)cc21. The quantitative estimate of drug-likeness (QED) is 0.712. The molecule has 0 fully saturated rings. The lowest BCUT2D eigenvalue weighted by Gasteiger charge is -2.18. The molecule has 0 aromatic heterocycles. The minimum absolute atomic E-state index is 0.115. The summed E-state index contributed by atoms with van der Waals surface area (Å²) in [5.41, 5.74) is 1.44. The second kappa shape index (κ2) is 4.99. The zero-order chi connectivity index (χ0) is 15.2. The molecule has 2 aromatic carbocycles. The zero-order valence-corrected chi connectivity index (χ0v) is 12.5.